The minimum atomic E-state index is 0. The second kappa shape index (κ2) is 12.8. The minimum Gasteiger partial charge on any atom is -0.385 e. The second-order valence-corrected chi connectivity index (χ2v) is 6.90. The Kier molecular flexibility index (Phi) is 11.5. The van der Waals surface area contributed by atoms with Crippen LogP contribution in [-0.2, 0) is 4.74 Å². The molecule has 1 heterocycles. The smallest absolute Gasteiger partial charge is 0.193 e. The highest BCUT2D eigenvalue weighted by Gasteiger charge is 2.24. The molecule has 1 aliphatic rings. The SMILES string of the molecule is CCNC(=NCCCOC)N1CCC(CSc2ccccc2)C1.I. The fourth-order valence-corrected chi connectivity index (χ4v) is 3.76. The molecule has 1 N–H and O–H groups in total. The first-order valence-corrected chi connectivity index (χ1v) is 9.52. The number of thioether (sulfide) groups is 1. The average Bonchev–Trinajstić information content (AvgIpc) is 3.06. The Balaban J connectivity index is 0.00000288. The highest BCUT2D eigenvalue weighted by molar-refractivity contribution is 14.0. The van der Waals surface area contributed by atoms with Gasteiger partial charge in [0.15, 0.2) is 5.96 Å². The van der Waals surface area contributed by atoms with E-state index in [2.05, 4.69) is 47.5 Å². The Morgan fingerprint density at radius 2 is 2.17 bits per heavy atom. The van der Waals surface area contributed by atoms with E-state index in [0.717, 1.165) is 51.1 Å². The van der Waals surface area contributed by atoms with Gasteiger partial charge in [0.2, 0.25) is 0 Å². The van der Waals surface area contributed by atoms with Crippen molar-refractivity contribution in [2.24, 2.45) is 10.9 Å². The van der Waals surface area contributed by atoms with E-state index in [9.17, 15) is 0 Å². The lowest BCUT2D eigenvalue weighted by Crippen LogP contribution is -2.40. The first kappa shape index (κ1) is 21.6. The maximum Gasteiger partial charge on any atom is 0.193 e. The lowest BCUT2D eigenvalue weighted by atomic mass is 10.2. The summed E-state index contributed by atoms with van der Waals surface area (Å²) in [6.07, 6.45) is 2.23. The van der Waals surface area contributed by atoms with Gasteiger partial charge in [-0.15, -0.1) is 35.7 Å². The summed E-state index contributed by atoms with van der Waals surface area (Å²) >= 11 is 1.97. The van der Waals surface area contributed by atoms with Crippen LogP contribution in [0.5, 0.6) is 0 Å². The number of guanidine groups is 1. The molecule has 136 valence electrons. The Labute approximate surface area is 167 Å². The molecule has 4 nitrogen and oxygen atoms in total. The van der Waals surface area contributed by atoms with Crippen molar-refractivity contribution >= 4 is 41.7 Å². The molecule has 0 aliphatic carbocycles. The molecule has 1 aromatic carbocycles. The van der Waals surface area contributed by atoms with E-state index < -0.39 is 0 Å². The van der Waals surface area contributed by atoms with Crippen LogP contribution in [0, 0.1) is 5.92 Å². The normalized spacial score (nSPS) is 17.7. The number of methoxy groups -OCH3 is 1. The van der Waals surface area contributed by atoms with Crippen LogP contribution >= 0.6 is 35.7 Å². The molecule has 0 aromatic heterocycles. The van der Waals surface area contributed by atoms with Crippen LogP contribution in [0.15, 0.2) is 40.2 Å². The van der Waals surface area contributed by atoms with Gasteiger partial charge in [-0.3, -0.25) is 4.99 Å². The number of ether oxygens (including phenoxy) is 1. The molecule has 1 aromatic rings. The molecular weight excluding hydrogens is 433 g/mol. The lowest BCUT2D eigenvalue weighted by molar-refractivity contribution is 0.197. The number of hydrogen-bond acceptors (Lipinski definition) is 3. The molecule has 1 aliphatic heterocycles. The largest absolute Gasteiger partial charge is 0.385 e. The third kappa shape index (κ3) is 7.61. The summed E-state index contributed by atoms with van der Waals surface area (Å²) in [4.78, 5) is 8.51. The minimum absolute atomic E-state index is 0. The van der Waals surface area contributed by atoms with E-state index in [0.29, 0.717) is 0 Å². The zero-order chi connectivity index (χ0) is 16.3. The highest BCUT2D eigenvalue weighted by Crippen LogP contribution is 2.25. The number of halogens is 1. The van der Waals surface area contributed by atoms with Crippen molar-refractivity contribution in [1.29, 1.82) is 0 Å². The van der Waals surface area contributed by atoms with Gasteiger partial charge in [0.25, 0.3) is 0 Å². The van der Waals surface area contributed by atoms with Crippen LogP contribution in [0.1, 0.15) is 19.8 Å². The van der Waals surface area contributed by atoms with Gasteiger partial charge < -0.3 is 15.0 Å². The maximum atomic E-state index is 5.09. The van der Waals surface area contributed by atoms with Crippen LogP contribution < -0.4 is 5.32 Å². The molecule has 0 saturated carbocycles. The van der Waals surface area contributed by atoms with Crippen LogP contribution in [0.3, 0.4) is 0 Å². The number of hydrogen-bond donors (Lipinski definition) is 1. The maximum absolute atomic E-state index is 5.09. The number of nitrogens with one attached hydrogen (secondary N) is 1. The zero-order valence-corrected chi connectivity index (χ0v) is 17.9. The average molecular weight is 463 g/mol. The third-order valence-corrected chi connectivity index (χ3v) is 5.16. The summed E-state index contributed by atoms with van der Waals surface area (Å²) in [5.41, 5.74) is 0. The number of benzene rings is 1. The molecule has 0 radical (unpaired) electrons. The molecule has 6 heteroatoms. The predicted molar refractivity (Wildman–Crippen MR) is 115 cm³/mol. The van der Waals surface area contributed by atoms with Gasteiger partial charge in [-0.25, -0.2) is 0 Å². The van der Waals surface area contributed by atoms with Crippen molar-refractivity contribution in [3.8, 4) is 0 Å². The molecule has 1 unspecified atom stereocenters. The molecule has 1 fully saturated rings. The van der Waals surface area contributed by atoms with Crippen molar-refractivity contribution in [2.45, 2.75) is 24.7 Å². The first-order chi connectivity index (χ1) is 11.3. The van der Waals surface area contributed by atoms with Crippen molar-refractivity contribution in [3.05, 3.63) is 30.3 Å². The van der Waals surface area contributed by atoms with Crippen molar-refractivity contribution in [1.82, 2.24) is 10.2 Å². The number of rotatable bonds is 8. The molecule has 1 saturated heterocycles. The van der Waals surface area contributed by atoms with Crippen LogP contribution in [0.4, 0.5) is 0 Å². The molecule has 1 atom stereocenters. The summed E-state index contributed by atoms with van der Waals surface area (Å²) in [5, 5.41) is 3.42. The fourth-order valence-electron chi connectivity index (χ4n) is 2.71. The molecule has 24 heavy (non-hydrogen) atoms. The highest BCUT2D eigenvalue weighted by atomic mass is 127. The van der Waals surface area contributed by atoms with E-state index in [-0.39, 0.29) is 24.0 Å². The van der Waals surface area contributed by atoms with E-state index in [1.165, 1.54) is 17.1 Å². The molecule has 0 amide bonds. The Morgan fingerprint density at radius 3 is 2.88 bits per heavy atom. The van der Waals surface area contributed by atoms with Gasteiger partial charge in [-0.2, -0.15) is 0 Å². The number of aliphatic imine (C=N–C) groups is 1. The summed E-state index contributed by atoms with van der Waals surface area (Å²) in [6, 6.07) is 10.7. The van der Waals surface area contributed by atoms with E-state index in [1.54, 1.807) is 7.11 Å². The van der Waals surface area contributed by atoms with E-state index in [4.69, 9.17) is 9.73 Å². The molecular formula is C18H30IN3OS. The first-order valence-electron chi connectivity index (χ1n) is 8.53. The fraction of sp³-hybridized carbons (Fsp3) is 0.611. The summed E-state index contributed by atoms with van der Waals surface area (Å²) in [7, 11) is 1.74. The van der Waals surface area contributed by atoms with Gasteiger partial charge in [-0.1, -0.05) is 18.2 Å². The molecule has 2 rings (SSSR count). The third-order valence-electron chi connectivity index (χ3n) is 3.92. The van der Waals surface area contributed by atoms with Crippen molar-refractivity contribution < 1.29 is 4.74 Å². The number of likely N-dealkylation sites (tertiary alicyclic amines) is 1. The van der Waals surface area contributed by atoms with Gasteiger partial charge in [-0.05, 0) is 37.8 Å². The van der Waals surface area contributed by atoms with Gasteiger partial charge >= 0.3 is 0 Å². The Morgan fingerprint density at radius 1 is 1.38 bits per heavy atom. The zero-order valence-electron chi connectivity index (χ0n) is 14.7. The topological polar surface area (TPSA) is 36.9 Å². The lowest BCUT2D eigenvalue weighted by Gasteiger charge is -2.21. The predicted octanol–water partition coefficient (Wildman–Crippen LogP) is 3.72. The van der Waals surface area contributed by atoms with Crippen LogP contribution in [-0.4, -0.2) is 56.5 Å². The summed E-state index contributed by atoms with van der Waals surface area (Å²) in [6.45, 7) is 6.87. The van der Waals surface area contributed by atoms with Gasteiger partial charge in [0.1, 0.15) is 0 Å². The Bertz CT molecular complexity index is 473. The number of nitrogens with zero attached hydrogens (tertiary/aromatic N) is 2. The Hall–Kier alpha value is -0.470. The van der Waals surface area contributed by atoms with Crippen molar-refractivity contribution in [2.75, 3.05) is 45.6 Å². The standard InChI is InChI=1S/C18H29N3OS.HI/c1-3-19-18(20-11-7-13-22-2)21-12-10-16(14-21)15-23-17-8-5-4-6-9-17;/h4-6,8-9,16H,3,7,10-15H2,1-2H3,(H,19,20);1H. The van der Waals surface area contributed by atoms with E-state index >= 15 is 0 Å². The van der Waals surface area contributed by atoms with Crippen LogP contribution in [0.2, 0.25) is 0 Å². The van der Waals surface area contributed by atoms with Crippen molar-refractivity contribution in [3.63, 3.8) is 0 Å². The molecule has 0 bridgehead atoms. The van der Waals surface area contributed by atoms with Crippen LogP contribution in [0.25, 0.3) is 0 Å². The second-order valence-electron chi connectivity index (χ2n) is 5.81. The van der Waals surface area contributed by atoms with Gasteiger partial charge in [0, 0.05) is 50.5 Å². The van der Waals surface area contributed by atoms with E-state index in [1.807, 2.05) is 11.8 Å². The summed E-state index contributed by atoms with van der Waals surface area (Å²) in [5.74, 6) is 2.99. The van der Waals surface area contributed by atoms with Gasteiger partial charge in [0.05, 0.1) is 0 Å². The summed E-state index contributed by atoms with van der Waals surface area (Å²) < 4.78 is 5.09. The quantitative estimate of drug-likeness (QED) is 0.210. The monoisotopic (exact) mass is 463 g/mol. The molecule has 0 spiro atoms.